The van der Waals surface area contributed by atoms with Crippen LogP contribution in [0, 0.1) is 0 Å². The van der Waals surface area contributed by atoms with Gasteiger partial charge in [0.15, 0.2) is 0 Å². The third-order valence-electron chi connectivity index (χ3n) is 6.15. The number of amides is 1. The fourth-order valence-corrected chi connectivity index (χ4v) is 4.75. The molecule has 1 fully saturated rings. The van der Waals surface area contributed by atoms with Gasteiger partial charge >= 0.3 is 0 Å². The topological polar surface area (TPSA) is 111 Å². The largest absolute Gasteiger partial charge is 0.479 e. The number of anilines is 1. The lowest BCUT2D eigenvalue weighted by Crippen LogP contribution is -2.59. The predicted molar refractivity (Wildman–Crippen MR) is 125 cm³/mol. The van der Waals surface area contributed by atoms with E-state index < -0.39 is 0 Å². The Hall–Kier alpha value is -3.69. The molecule has 1 amide bonds. The van der Waals surface area contributed by atoms with Crippen LogP contribution in [0.3, 0.4) is 0 Å². The lowest BCUT2D eigenvalue weighted by Gasteiger charge is -2.45. The zero-order valence-electron chi connectivity index (χ0n) is 19.5. The fraction of sp³-hybridized carbons (Fsp3) is 0.435. The SMILES string of the molecule is COc1nc(NC2CC(C)(NC(C)=O)C2)nn2ccc(-c3ccc4nnn(C(C)C)c4c3)c12. The van der Waals surface area contributed by atoms with Crippen LogP contribution in [0.4, 0.5) is 5.95 Å². The zero-order chi connectivity index (χ0) is 23.3. The van der Waals surface area contributed by atoms with Crippen molar-refractivity contribution in [2.24, 2.45) is 0 Å². The maximum absolute atomic E-state index is 11.4. The molecule has 1 aliphatic rings. The quantitative estimate of drug-likeness (QED) is 0.466. The van der Waals surface area contributed by atoms with E-state index in [9.17, 15) is 4.79 Å². The van der Waals surface area contributed by atoms with E-state index in [1.165, 1.54) is 0 Å². The van der Waals surface area contributed by atoms with Gasteiger partial charge in [0.05, 0.1) is 12.6 Å². The molecule has 3 aromatic heterocycles. The summed E-state index contributed by atoms with van der Waals surface area (Å²) in [5, 5.41) is 19.6. The maximum Gasteiger partial charge on any atom is 0.244 e. The van der Waals surface area contributed by atoms with Crippen molar-refractivity contribution in [1.82, 2.24) is 34.9 Å². The standard InChI is InChI=1S/C23H28N8O2/c1-13(2)31-19-10-15(6-7-18(19)27-29-31)17-8-9-30-20(17)21(33-5)25-22(28-30)24-16-11-23(4,12-16)26-14(3)32/h6-10,13,16H,11-12H2,1-5H3,(H,24,28)(H,26,32). The molecule has 1 aliphatic carbocycles. The molecular weight excluding hydrogens is 420 g/mol. The smallest absolute Gasteiger partial charge is 0.244 e. The van der Waals surface area contributed by atoms with E-state index in [0.29, 0.717) is 11.8 Å². The highest BCUT2D eigenvalue weighted by Crippen LogP contribution is 2.36. The van der Waals surface area contributed by atoms with Crippen molar-refractivity contribution in [3.63, 3.8) is 0 Å². The Labute approximate surface area is 191 Å². The Kier molecular flexibility index (Phi) is 4.95. The normalized spacial score (nSPS) is 20.2. The maximum atomic E-state index is 11.4. The molecule has 1 saturated carbocycles. The molecule has 0 radical (unpaired) electrons. The average molecular weight is 449 g/mol. The van der Waals surface area contributed by atoms with Crippen LogP contribution in [0.25, 0.3) is 27.7 Å². The highest BCUT2D eigenvalue weighted by molar-refractivity contribution is 5.89. The van der Waals surface area contributed by atoms with E-state index in [1.807, 2.05) is 36.0 Å². The number of carbonyl (C=O) groups is 1. The molecule has 5 rings (SSSR count). The minimum atomic E-state index is -0.186. The second-order valence-electron chi connectivity index (χ2n) is 9.29. The molecule has 4 aromatic rings. The van der Waals surface area contributed by atoms with Crippen LogP contribution < -0.4 is 15.4 Å². The fourth-order valence-electron chi connectivity index (χ4n) is 4.75. The van der Waals surface area contributed by atoms with Crippen molar-refractivity contribution < 1.29 is 9.53 Å². The van der Waals surface area contributed by atoms with Gasteiger partial charge in [-0.3, -0.25) is 4.79 Å². The lowest BCUT2D eigenvalue weighted by atomic mass is 9.74. The van der Waals surface area contributed by atoms with Gasteiger partial charge in [0, 0.05) is 36.3 Å². The molecule has 0 aliphatic heterocycles. The number of carbonyl (C=O) groups excluding carboxylic acids is 1. The number of hydrogen-bond donors (Lipinski definition) is 2. The molecule has 2 N–H and O–H groups in total. The van der Waals surface area contributed by atoms with Gasteiger partial charge in [-0.2, -0.15) is 4.98 Å². The number of benzene rings is 1. The van der Waals surface area contributed by atoms with E-state index in [0.717, 1.165) is 40.5 Å². The molecule has 172 valence electrons. The van der Waals surface area contributed by atoms with Gasteiger partial charge in [-0.25, -0.2) is 9.20 Å². The molecule has 0 bridgehead atoms. The molecule has 10 heteroatoms. The van der Waals surface area contributed by atoms with E-state index in [-0.39, 0.29) is 23.5 Å². The third kappa shape index (κ3) is 3.75. The lowest BCUT2D eigenvalue weighted by molar-refractivity contribution is -0.121. The second kappa shape index (κ2) is 7.72. The van der Waals surface area contributed by atoms with Crippen LogP contribution in [-0.2, 0) is 4.79 Å². The van der Waals surface area contributed by atoms with Crippen LogP contribution in [0.5, 0.6) is 5.88 Å². The summed E-state index contributed by atoms with van der Waals surface area (Å²) in [5.74, 6) is 0.974. The van der Waals surface area contributed by atoms with Crippen LogP contribution >= 0.6 is 0 Å². The van der Waals surface area contributed by atoms with Crippen molar-refractivity contribution in [1.29, 1.82) is 0 Å². The van der Waals surface area contributed by atoms with Crippen LogP contribution in [0.15, 0.2) is 30.5 Å². The van der Waals surface area contributed by atoms with E-state index in [2.05, 4.69) is 50.9 Å². The summed E-state index contributed by atoms with van der Waals surface area (Å²) in [6, 6.07) is 8.50. The molecule has 3 heterocycles. The number of fused-ring (bicyclic) bond motifs is 2. The third-order valence-corrected chi connectivity index (χ3v) is 6.15. The Morgan fingerprint density at radius 1 is 1.27 bits per heavy atom. The summed E-state index contributed by atoms with van der Waals surface area (Å²) in [6.45, 7) is 7.76. The van der Waals surface area contributed by atoms with Gasteiger partial charge in [0.25, 0.3) is 0 Å². The first-order chi connectivity index (χ1) is 15.8. The summed E-state index contributed by atoms with van der Waals surface area (Å²) in [6.07, 6.45) is 3.53. The van der Waals surface area contributed by atoms with E-state index in [1.54, 1.807) is 18.5 Å². The minimum absolute atomic E-state index is 0.0134. The molecule has 0 spiro atoms. The number of nitrogens with zero attached hydrogens (tertiary/aromatic N) is 6. The molecule has 1 aromatic carbocycles. The summed E-state index contributed by atoms with van der Waals surface area (Å²) >= 11 is 0. The van der Waals surface area contributed by atoms with Crippen molar-refractivity contribution in [3.8, 4) is 17.0 Å². The van der Waals surface area contributed by atoms with Gasteiger partial charge in [-0.05, 0) is 57.4 Å². The summed E-state index contributed by atoms with van der Waals surface area (Å²) in [7, 11) is 1.61. The first-order valence-electron chi connectivity index (χ1n) is 11.1. The van der Waals surface area contributed by atoms with Crippen molar-refractivity contribution in [2.45, 2.75) is 58.2 Å². The first-order valence-corrected chi connectivity index (χ1v) is 11.1. The Bertz CT molecular complexity index is 1350. The van der Waals surface area contributed by atoms with Crippen LogP contribution in [-0.4, -0.2) is 54.2 Å². The number of hydrogen-bond acceptors (Lipinski definition) is 7. The average Bonchev–Trinajstić information content (AvgIpc) is 3.35. The number of methoxy groups -OCH3 is 1. The minimum Gasteiger partial charge on any atom is -0.479 e. The second-order valence-corrected chi connectivity index (χ2v) is 9.29. The number of aromatic nitrogens is 6. The molecular formula is C23H28N8O2. The first kappa shape index (κ1) is 21.2. The molecule has 0 saturated heterocycles. The Morgan fingerprint density at radius 2 is 2.06 bits per heavy atom. The highest BCUT2D eigenvalue weighted by Gasteiger charge is 2.41. The van der Waals surface area contributed by atoms with Crippen molar-refractivity contribution in [3.05, 3.63) is 30.5 Å². The van der Waals surface area contributed by atoms with Gasteiger partial charge < -0.3 is 15.4 Å². The van der Waals surface area contributed by atoms with Crippen LogP contribution in [0.2, 0.25) is 0 Å². The van der Waals surface area contributed by atoms with E-state index in [4.69, 9.17) is 4.74 Å². The van der Waals surface area contributed by atoms with Gasteiger partial charge in [0.2, 0.25) is 17.7 Å². The highest BCUT2D eigenvalue weighted by atomic mass is 16.5. The molecule has 0 unspecified atom stereocenters. The number of nitrogens with one attached hydrogen (secondary N) is 2. The zero-order valence-corrected chi connectivity index (χ0v) is 19.5. The molecule has 0 atom stereocenters. The van der Waals surface area contributed by atoms with Crippen molar-refractivity contribution in [2.75, 3.05) is 12.4 Å². The van der Waals surface area contributed by atoms with Gasteiger partial charge in [-0.15, -0.1) is 10.2 Å². The number of ether oxygens (including phenoxy) is 1. The summed E-state index contributed by atoms with van der Waals surface area (Å²) in [5.41, 5.74) is 4.43. The monoisotopic (exact) mass is 448 g/mol. The Morgan fingerprint density at radius 3 is 2.76 bits per heavy atom. The molecule has 10 nitrogen and oxygen atoms in total. The van der Waals surface area contributed by atoms with Gasteiger partial charge in [0.1, 0.15) is 11.0 Å². The van der Waals surface area contributed by atoms with Crippen LogP contribution in [0.1, 0.15) is 46.6 Å². The summed E-state index contributed by atoms with van der Waals surface area (Å²) < 4.78 is 9.36. The van der Waals surface area contributed by atoms with Crippen molar-refractivity contribution >= 4 is 28.4 Å². The Balaban J connectivity index is 1.46. The predicted octanol–water partition coefficient (Wildman–Crippen LogP) is 3.20. The van der Waals surface area contributed by atoms with Gasteiger partial charge in [-0.1, -0.05) is 11.3 Å². The molecule has 33 heavy (non-hydrogen) atoms. The summed E-state index contributed by atoms with van der Waals surface area (Å²) in [4.78, 5) is 16.0. The number of rotatable bonds is 6. The van der Waals surface area contributed by atoms with E-state index >= 15 is 0 Å².